The van der Waals surface area contributed by atoms with Crippen molar-refractivity contribution in [3.8, 4) is 11.5 Å². The molecule has 4 fully saturated rings. The first kappa shape index (κ1) is 68.7. The van der Waals surface area contributed by atoms with E-state index in [0.29, 0.717) is 12.8 Å². The molecule has 490 valence electrons. The molecule has 1 aromatic heterocycles. The number of nitrogens with zero attached hydrogens (tertiary/aromatic N) is 8. The minimum absolute atomic E-state index is 0.139. The van der Waals surface area contributed by atoms with E-state index >= 15 is 9.59 Å². The number of hydrogen-bond donors (Lipinski definition) is 5. The highest BCUT2D eigenvalue weighted by Crippen LogP contribution is 2.35. The lowest BCUT2D eigenvalue weighted by Crippen LogP contribution is -2.61. The average Bonchev–Trinajstić information content (AvgIpc) is 0.893. The van der Waals surface area contributed by atoms with Crippen LogP contribution in [0, 0.1) is 37.5 Å². The maximum Gasteiger partial charge on any atom is 0.329 e. The summed E-state index contributed by atoms with van der Waals surface area (Å²) in [5.41, 5.74) is 2.89. The van der Waals surface area contributed by atoms with E-state index in [1.165, 1.54) is 74.8 Å². The van der Waals surface area contributed by atoms with Gasteiger partial charge in [-0.25, -0.2) is 19.6 Å². The Kier molecular flexibility index (Phi) is 21.0. The molecule has 29 heteroatoms. The minimum Gasteiger partial charge on any atom is -0.458 e. The van der Waals surface area contributed by atoms with Gasteiger partial charge in [-0.1, -0.05) is 55.4 Å². The van der Waals surface area contributed by atoms with Crippen molar-refractivity contribution >= 4 is 87.8 Å². The van der Waals surface area contributed by atoms with Gasteiger partial charge in [-0.15, -0.1) is 0 Å². The molecule has 0 bridgehead atoms. The highest BCUT2D eigenvalue weighted by atomic mass is 16.6. The van der Waals surface area contributed by atoms with Gasteiger partial charge in [-0.05, 0) is 77.0 Å². The molecule has 6 aliphatic rings. The van der Waals surface area contributed by atoms with Crippen molar-refractivity contribution in [2.24, 2.45) is 23.7 Å². The van der Waals surface area contributed by atoms with Crippen LogP contribution in [0.25, 0.3) is 22.6 Å². The standard InChI is InChI=1S/C61H85N13O16/c1-26(2)40-58(84)73-21-17-19-34(73)56(82)69(13)24-36(75)71(15)47(28(5)6)60(86)88-32(11)42(53(79)65-40)67-52(78)38-39(62)49(77)31(10)51-44(38)64-45-46(63-23-30(9)50(45)90-51)55(81)68-43-33(12)89-61(87)48(29(7)8)72(16)37(76)25-70(14)57(83)35-20-18-22-74(35)59(85)41(27(3)4)66-54(43)80/h23,26-29,32-35,40-43,47-48H,17-22,24-25,62H2,1-16H3,(H,65,79)(H,66,80)(H,67,78)(H,68,81)/t32-,33-,34+,35+,40-,41-,42+,43+,47+,48+/m1/s1. The first-order valence-electron chi connectivity index (χ1n) is 30.4. The molecule has 1 aliphatic carbocycles. The zero-order valence-electron chi connectivity index (χ0n) is 54.0. The van der Waals surface area contributed by atoms with Gasteiger partial charge < -0.3 is 70.3 Å². The summed E-state index contributed by atoms with van der Waals surface area (Å²) in [6.45, 7) is 18.2. The Morgan fingerprint density at radius 3 is 1.46 bits per heavy atom. The Morgan fingerprint density at radius 1 is 0.622 bits per heavy atom. The first-order valence-corrected chi connectivity index (χ1v) is 30.4. The molecule has 29 nitrogen and oxygen atoms in total. The molecule has 1 aromatic rings. The summed E-state index contributed by atoms with van der Waals surface area (Å²) in [7, 11) is 5.56. The number of amides is 10. The smallest absolute Gasteiger partial charge is 0.329 e. The maximum atomic E-state index is 15.2. The van der Waals surface area contributed by atoms with Gasteiger partial charge in [0.05, 0.1) is 24.3 Å². The molecule has 5 aliphatic heterocycles. The fourth-order valence-electron chi connectivity index (χ4n) is 12.1. The fraction of sp³-hybridized carbons (Fsp3) is 0.623. The lowest BCUT2D eigenvalue weighted by Gasteiger charge is -2.36. The second kappa shape index (κ2) is 27.5. The zero-order chi connectivity index (χ0) is 67.0. The molecule has 0 unspecified atom stereocenters. The summed E-state index contributed by atoms with van der Waals surface area (Å²) in [4.78, 5) is 203. The number of fused-ring (bicyclic) bond motifs is 4. The third-order valence-electron chi connectivity index (χ3n) is 17.4. The lowest BCUT2D eigenvalue weighted by atomic mass is 9.98. The van der Waals surface area contributed by atoms with Gasteiger partial charge in [-0.3, -0.25) is 52.7 Å². The number of aromatic nitrogens is 2. The molecule has 0 radical (unpaired) electrons. The van der Waals surface area contributed by atoms with Crippen LogP contribution in [0.5, 0.6) is 0 Å². The zero-order valence-corrected chi connectivity index (χ0v) is 54.0. The quantitative estimate of drug-likeness (QED) is 0.114. The molecular formula is C61H85N13O16. The molecule has 4 saturated heterocycles. The van der Waals surface area contributed by atoms with E-state index in [9.17, 15) is 52.7 Å². The normalized spacial score (nSPS) is 26.2. The summed E-state index contributed by atoms with van der Waals surface area (Å²) in [5.74, 6) is -12.7. The minimum atomic E-state index is -1.90. The molecule has 6 heterocycles. The van der Waals surface area contributed by atoms with Crippen LogP contribution >= 0.6 is 0 Å². The summed E-state index contributed by atoms with van der Waals surface area (Å²) < 4.78 is 18.2. The Hall–Kier alpha value is -8.79. The number of cyclic esters (lactones) is 2. The predicted octanol–water partition coefficient (Wildman–Crippen LogP) is 0.121. The van der Waals surface area contributed by atoms with Crippen LogP contribution in [-0.4, -0.2) is 225 Å². The van der Waals surface area contributed by atoms with Gasteiger partial charge >= 0.3 is 11.9 Å². The van der Waals surface area contributed by atoms with E-state index in [2.05, 4.69) is 26.3 Å². The Balaban J connectivity index is 1.32. The molecule has 90 heavy (non-hydrogen) atoms. The number of nitrogen functional groups attached to an aromatic ring is 1. The summed E-state index contributed by atoms with van der Waals surface area (Å²) in [6.07, 6.45) is -0.475. The molecule has 0 spiro atoms. The number of carbonyl (C=O) groups excluding carboxylic acids is 12. The number of esters is 2. The van der Waals surface area contributed by atoms with Crippen molar-refractivity contribution in [2.45, 2.75) is 169 Å². The van der Waals surface area contributed by atoms with Gasteiger partial charge in [0, 0.05) is 58.6 Å². The number of hydrogen-bond acceptors (Lipinski definition) is 19. The number of nitrogens with two attached hydrogens (primary N) is 1. The number of nitrogens with one attached hydrogen (secondary N) is 4. The van der Waals surface area contributed by atoms with E-state index in [4.69, 9.17) is 24.6 Å². The van der Waals surface area contributed by atoms with E-state index < -0.39 is 196 Å². The van der Waals surface area contributed by atoms with E-state index in [-0.39, 0.29) is 53.9 Å². The summed E-state index contributed by atoms with van der Waals surface area (Å²) in [5, 5.41) is 10.6. The van der Waals surface area contributed by atoms with Crippen LogP contribution in [0.4, 0.5) is 5.69 Å². The number of ether oxygens (including phenoxy) is 2. The number of pyridine rings is 1. The van der Waals surface area contributed by atoms with Gasteiger partial charge in [0.25, 0.3) is 11.8 Å². The van der Waals surface area contributed by atoms with Crippen LogP contribution < -0.4 is 32.4 Å². The van der Waals surface area contributed by atoms with Gasteiger partial charge in [-0.2, -0.15) is 0 Å². The average molecular weight is 1260 g/mol. The number of aryl methyl sites for hydroxylation is 1. The number of benzene rings is 1. The van der Waals surface area contributed by atoms with Crippen molar-refractivity contribution in [1.29, 1.82) is 0 Å². The molecule has 10 amide bonds. The second-order valence-electron chi connectivity index (χ2n) is 25.4. The Labute approximate surface area is 521 Å². The highest BCUT2D eigenvalue weighted by Gasteiger charge is 2.47. The number of rotatable bonds is 8. The Bertz CT molecular complexity index is 3420. The third kappa shape index (κ3) is 13.7. The SMILES string of the molecule is Cc1c2oc3c(C)cnc(C(=O)N[C@@H]4C(=O)N[C@H](C(C)C)C(=O)N5CCC[C@H]5C(=O)N(C)CC(=O)N(C)[C@@H](C(C)C)C(=O)O[C@@H]4C)c3nc-2c(C(=O)N[C@@H]2C(=O)N[C@H](C(C)C)C(=O)N3CCC[C@H]3C(=O)N(C)CC(=O)N(C)[C@@H](C(C)C)C(=O)O[C@@H]2C)c(N)c1=O. The molecule has 0 saturated carbocycles. The van der Waals surface area contributed by atoms with E-state index in [1.54, 1.807) is 62.3 Å². The second-order valence-corrected chi connectivity index (χ2v) is 25.4. The van der Waals surface area contributed by atoms with Crippen molar-refractivity contribution in [2.75, 3.05) is 60.1 Å². The van der Waals surface area contributed by atoms with Crippen molar-refractivity contribution < 1.29 is 71.4 Å². The van der Waals surface area contributed by atoms with Crippen LogP contribution in [0.3, 0.4) is 0 Å². The van der Waals surface area contributed by atoms with Crippen LogP contribution in [0.1, 0.15) is 127 Å². The first-order chi connectivity index (χ1) is 42.1. The van der Waals surface area contributed by atoms with E-state index in [0.717, 1.165) is 9.80 Å². The largest absolute Gasteiger partial charge is 0.458 e. The van der Waals surface area contributed by atoms with Crippen LogP contribution in [-0.2, 0) is 57.4 Å². The topological polar surface area (TPSA) is 373 Å². The van der Waals surface area contributed by atoms with Crippen molar-refractivity contribution in [1.82, 2.24) is 60.6 Å². The molecule has 0 aromatic carbocycles. The van der Waals surface area contributed by atoms with Crippen LogP contribution in [0.2, 0.25) is 0 Å². The molecule has 10 atom stereocenters. The fourth-order valence-corrected chi connectivity index (χ4v) is 12.1. The van der Waals surface area contributed by atoms with Crippen LogP contribution in [0.15, 0.2) is 15.4 Å². The Morgan fingerprint density at radius 2 is 1.04 bits per heavy atom. The van der Waals surface area contributed by atoms with Gasteiger partial charge in [0.1, 0.15) is 71.8 Å². The van der Waals surface area contributed by atoms with E-state index in [1.807, 2.05) is 0 Å². The third-order valence-corrected chi connectivity index (χ3v) is 17.4. The predicted molar refractivity (Wildman–Crippen MR) is 323 cm³/mol. The number of anilines is 1. The lowest BCUT2D eigenvalue weighted by molar-refractivity contribution is -0.163. The molecule has 6 N–H and O–H groups in total. The summed E-state index contributed by atoms with van der Waals surface area (Å²) in [6, 6.07) is -10.8. The van der Waals surface area contributed by atoms with Crippen molar-refractivity contribution in [3.63, 3.8) is 0 Å². The van der Waals surface area contributed by atoms with Gasteiger partial charge in [0.15, 0.2) is 17.0 Å². The number of carbonyl (C=O) groups is 12. The van der Waals surface area contributed by atoms with Gasteiger partial charge in [0.2, 0.25) is 52.7 Å². The highest BCUT2D eigenvalue weighted by molar-refractivity contribution is 6.10. The molecular weight excluding hydrogens is 1170 g/mol. The summed E-state index contributed by atoms with van der Waals surface area (Å²) >= 11 is 0. The number of likely N-dealkylation sites (N-methyl/N-ethyl adjacent to an activating group) is 4. The molecule has 7 rings (SSSR count). The monoisotopic (exact) mass is 1260 g/mol. The van der Waals surface area contributed by atoms with Crippen molar-refractivity contribution in [3.05, 3.63) is 38.8 Å². The maximum absolute atomic E-state index is 15.2.